The van der Waals surface area contributed by atoms with E-state index in [1.165, 1.54) is 0 Å². The largest absolute Gasteiger partial charge is 0.594 e. The summed E-state index contributed by atoms with van der Waals surface area (Å²) in [7, 11) is 0. The normalized spacial score (nSPS) is 50.5. The van der Waals surface area contributed by atoms with Crippen molar-refractivity contribution in [3.63, 3.8) is 0 Å². The van der Waals surface area contributed by atoms with Crippen LogP contribution in [0, 0.1) is 33.8 Å². The van der Waals surface area contributed by atoms with Gasteiger partial charge < -0.3 is 15.4 Å². The summed E-state index contributed by atoms with van der Waals surface area (Å²) in [6, 6.07) is 1.96. The monoisotopic (exact) mass is 386 g/mol. The lowest BCUT2D eigenvalue weighted by Gasteiger charge is -2.63. The average Bonchev–Trinajstić information content (AvgIpc) is 2.94. The number of hydrogen-bond donors (Lipinski definition) is 2. The molecule has 4 aliphatic carbocycles. The minimum absolute atomic E-state index is 0.132. The van der Waals surface area contributed by atoms with Gasteiger partial charge in [-0.25, -0.2) is 0 Å². The standard InChI is InChI=1S/C23H34N2O3/c1-21-9-5-17(26)13-16(21)3-4-20-19(21)6-10-22(2)18(7-11-23(20,22)27)15-8-12-24-25(28)14-15/h8,12,14,16-20,26-27H,3-7,9-11,13H2,1-2H3/t16?,17?,18?,19-,20-,21+,22-,23-/m1/s1. The molecular weight excluding hydrogens is 352 g/mol. The Kier molecular flexibility index (Phi) is 4.13. The van der Waals surface area contributed by atoms with Crippen molar-refractivity contribution >= 4 is 0 Å². The molecule has 0 aromatic carbocycles. The van der Waals surface area contributed by atoms with Gasteiger partial charge in [-0.2, -0.15) is 0 Å². The third-order valence-corrected chi connectivity index (χ3v) is 9.93. The number of fused-ring (bicyclic) bond motifs is 5. The molecule has 0 spiro atoms. The van der Waals surface area contributed by atoms with Gasteiger partial charge in [0.1, 0.15) is 0 Å². The molecule has 0 saturated heterocycles. The van der Waals surface area contributed by atoms with Crippen LogP contribution < -0.4 is 4.85 Å². The van der Waals surface area contributed by atoms with Crippen LogP contribution in [0.5, 0.6) is 0 Å². The smallest absolute Gasteiger partial charge is 0.213 e. The zero-order valence-corrected chi connectivity index (χ0v) is 17.2. The fourth-order valence-corrected chi connectivity index (χ4v) is 8.33. The molecule has 0 radical (unpaired) electrons. The Balaban J connectivity index is 1.49. The molecule has 4 aliphatic rings. The van der Waals surface area contributed by atoms with E-state index < -0.39 is 5.60 Å². The SMILES string of the molecule is C[C@]12CCC(O)CC1CC[C@@H]1[C@H]2CC[C@]2(C)C(c3ccn[n+]([O-])c3)CC[C@@]12O. The zero-order chi connectivity index (χ0) is 19.7. The summed E-state index contributed by atoms with van der Waals surface area (Å²) in [4.78, 5) is 0.654. The molecule has 1 heterocycles. The van der Waals surface area contributed by atoms with Gasteiger partial charge in [0.15, 0.2) is 0 Å². The van der Waals surface area contributed by atoms with Crippen molar-refractivity contribution in [2.24, 2.45) is 28.6 Å². The predicted octanol–water partition coefficient (Wildman–Crippen LogP) is 3.32. The van der Waals surface area contributed by atoms with Crippen LogP contribution in [0.1, 0.15) is 83.1 Å². The Morgan fingerprint density at radius 3 is 2.68 bits per heavy atom. The van der Waals surface area contributed by atoms with Gasteiger partial charge in [-0.1, -0.05) is 18.7 Å². The van der Waals surface area contributed by atoms with E-state index in [0.29, 0.717) is 22.6 Å². The van der Waals surface area contributed by atoms with Crippen LogP contribution in [0.4, 0.5) is 0 Å². The summed E-state index contributed by atoms with van der Waals surface area (Å²) < 4.78 is 0. The molecule has 1 aromatic heterocycles. The Morgan fingerprint density at radius 1 is 1.07 bits per heavy atom. The van der Waals surface area contributed by atoms with Crippen LogP contribution in [0.15, 0.2) is 18.5 Å². The first-order valence-corrected chi connectivity index (χ1v) is 11.2. The highest BCUT2D eigenvalue weighted by molar-refractivity contribution is 5.26. The van der Waals surface area contributed by atoms with Gasteiger partial charge in [0.2, 0.25) is 6.20 Å². The number of hydrogen-bond acceptors (Lipinski definition) is 4. The van der Waals surface area contributed by atoms with Crippen LogP contribution in [-0.2, 0) is 0 Å². The average molecular weight is 387 g/mol. The molecule has 4 fully saturated rings. The van der Waals surface area contributed by atoms with Gasteiger partial charge in [0.05, 0.1) is 17.9 Å². The van der Waals surface area contributed by atoms with E-state index in [9.17, 15) is 15.4 Å². The number of aliphatic hydroxyl groups is 2. The molecule has 3 unspecified atom stereocenters. The Labute approximate surface area is 167 Å². The molecule has 1 aromatic rings. The maximum Gasteiger partial charge on any atom is 0.213 e. The van der Waals surface area contributed by atoms with E-state index in [4.69, 9.17) is 0 Å². The Bertz CT molecular complexity index is 772. The van der Waals surface area contributed by atoms with Crippen molar-refractivity contribution in [3.8, 4) is 0 Å². The van der Waals surface area contributed by atoms with E-state index in [1.807, 2.05) is 6.07 Å². The van der Waals surface area contributed by atoms with Crippen molar-refractivity contribution in [2.45, 2.75) is 89.3 Å². The minimum atomic E-state index is -0.651. The first-order chi connectivity index (χ1) is 13.3. The molecule has 154 valence electrons. The molecule has 5 rings (SSSR count). The van der Waals surface area contributed by atoms with E-state index >= 15 is 0 Å². The van der Waals surface area contributed by atoms with Gasteiger partial charge in [-0.3, -0.25) is 0 Å². The topological polar surface area (TPSA) is 80.3 Å². The van der Waals surface area contributed by atoms with Crippen LogP contribution in [0.25, 0.3) is 0 Å². The Morgan fingerprint density at radius 2 is 1.89 bits per heavy atom. The summed E-state index contributed by atoms with van der Waals surface area (Å²) in [5.74, 6) is 1.72. The number of rotatable bonds is 1. The summed E-state index contributed by atoms with van der Waals surface area (Å²) in [5, 5.41) is 37.9. The second-order valence-corrected chi connectivity index (χ2v) is 10.8. The maximum atomic E-state index is 12.2. The van der Waals surface area contributed by atoms with E-state index in [0.717, 1.165) is 63.4 Å². The quantitative estimate of drug-likeness (QED) is 0.573. The number of aromatic nitrogens is 2. The van der Waals surface area contributed by atoms with Crippen molar-refractivity contribution in [1.82, 2.24) is 5.10 Å². The summed E-state index contributed by atoms with van der Waals surface area (Å²) in [5.41, 5.74) is 0.454. The van der Waals surface area contributed by atoms with Gasteiger partial charge in [0.25, 0.3) is 0 Å². The van der Waals surface area contributed by atoms with Gasteiger partial charge in [-0.15, -0.1) is 0 Å². The molecule has 0 aliphatic heterocycles. The van der Waals surface area contributed by atoms with Crippen LogP contribution >= 0.6 is 0 Å². The molecule has 2 N–H and O–H groups in total. The van der Waals surface area contributed by atoms with E-state index in [1.54, 1.807) is 12.4 Å². The highest BCUT2D eigenvalue weighted by Gasteiger charge is 2.67. The van der Waals surface area contributed by atoms with Crippen molar-refractivity contribution in [1.29, 1.82) is 0 Å². The summed E-state index contributed by atoms with van der Waals surface area (Å²) >= 11 is 0. The van der Waals surface area contributed by atoms with Crippen LogP contribution in [0.2, 0.25) is 0 Å². The minimum Gasteiger partial charge on any atom is -0.594 e. The fourth-order valence-electron chi connectivity index (χ4n) is 8.33. The maximum absolute atomic E-state index is 12.2. The summed E-state index contributed by atoms with van der Waals surface area (Å²) in [6.07, 6.45) is 12.2. The molecule has 4 saturated carbocycles. The fraction of sp³-hybridized carbons (Fsp3) is 0.826. The Hall–Kier alpha value is -1.20. The predicted molar refractivity (Wildman–Crippen MR) is 105 cm³/mol. The molecule has 0 bridgehead atoms. The van der Waals surface area contributed by atoms with Crippen LogP contribution in [0.3, 0.4) is 0 Å². The molecule has 8 atom stereocenters. The molecule has 5 heteroatoms. The number of nitrogens with zero attached hydrogens (tertiary/aromatic N) is 2. The highest BCUT2D eigenvalue weighted by Crippen LogP contribution is 2.70. The van der Waals surface area contributed by atoms with Gasteiger partial charge in [0, 0.05) is 16.1 Å². The van der Waals surface area contributed by atoms with Crippen molar-refractivity contribution in [2.75, 3.05) is 0 Å². The molecule has 0 amide bonds. The molecule has 28 heavy (non-hydrogen) atoms. The van der Waals surface area contributed by atoms with Gasteiger partial charge >= 0.3 is 0 Å². The first kappa shape index (κ1) is 18.8. The lowest BCUT2D eigenvalue weighted by molar-refractivity contribution is -0.669. The lowest BCUT2D eigenvalue weighted by atomic mass is 9.43. The highest BCUT2D eigenvalue weighted by atomic mass is 16.5. The first-order valence-electron chi connectivity index (χ1n) is 11.2. The van der Waals surface area contributed by atoms with Gasteiger partial charge in [-0.05, 0) is 92.9 Å². The van der Waals surface area contributed by atoms with Crippen molar-refractivity contribution in [3.05, 3.63) is 29.2 Å². The molecular formula is C23H34N2O3. The molecule has 5 nitrogen and oxygen atoms in total. The second kappa shape index (κ2) is 6.15. The third-order valence-electron chi connectivity index (χ3n) is 9.93. The lowest BCUT2D eigenvalue weighted by Crippen LogP contribution is -2.62. The summed E-state index contributed by atoms with van der Waals surface area (Å²) in [6.45, 7) is 4.72. The van der Waals surface area contributed by atoms with E-state index in [-0.39, 0.29) is 22.9 Å². The van der Waals surface area contributed by atoms with Crippen LogP contribution in [-0.4, -0.2) is 27.0 Å². The zero-order valence-electron chi connectivity index (χ0n) is 17.2. The van der Waals surface area contributed by atoms with E-state index in [2.05, 4.69) is 18.9 Å². The third kappa shape index (κ3) is 2.38. The van der Waals surface area contributed by atoms with Crippen molar-refractivity contribution < 1.29 is 15.1 Å². The number of aliphatic hydroxyl groups excluding tert-OH is 1. The second-order valence-electron chi connectivity index (χ2n) is 10.8.